The predicted molar refractivity (Wildman–Crippen MR) is 59.6 cm³/mol. The molecule has 0 aliphatic rings. The Bertz CT molecular complexity index is 379. The summed E-state index contributed by atoms with van der Waals surface area (Å²) in [6, 6.07) is 7.95. The summed E-state index contributed by atoms with van der Waals surface area (Å²) >= 11 is 3.38. The summed E-state index contributed by atoms with van der Waals surface area (Å²) in [6.07, 6.45) is 3.43. The average molecular weight is 250 g/mol. The molecule has 0 aliphatic carbocycles. The Hall–Kier alpha value is -1.42. The number of halogens is 1. The van der Waals surface area contributed by atoms with Crippen molar-refractivity contribution in [2.24, 2.45) is 0 Å². The number of nitrogen functional groups attached to an aromatic ring is 1. The normalized spacial score (nSPS) is 10.1. The van der Waals surface area contributed by atoms with Crippen LogP contribution in [0.5, 0.6) is 0 Å². The number of nitrogens with zero attached hydrogens (tertiary/aromatic N) is 2. The van der Waals surface area contributed by atoms with Crippen LogP contribution in [0.4, 0.5) is 5.95 Å². The Morgan fingerprint density at radius 2 is 1.50 bits per heavy atom. The molecule has 14 heavy (non-hydrogen) atoms. The van der Waals surface area contributed by atoms with Gasteiger partial charge in [-0.05, 0) is 17.7 Å². The summed E-state index contributed by atoms with van der Waals surface area (Å²) in [5.74, 6) is 0.297. The number of hydrogen-bond acceptors (Lipinski definition) is 3. The smallest absolute Gasteiger partial charge is 0.219 e. The minimum atomic E-state index is 0.297. The highest BCUT2D eigenvalue weighted by molar-refractivity contribution is 9.10. The van der Waals surface area contributed by atoms with Crippen LogP contribution in [-0.2, 0) is 0 Å². The zero-order valence-electron chi connectivity index (χ0n) is 7.31. The summed E-state index contributed by atoms with van der Waals surface area (Å²) in [7, 11) is 0. The number of anilines is 1. The average Bonchev–Trinajstić information content (AvgIpc) is 2.21. The van der Waals surface area contributed by atoms with Crippen molar-refractivity contribution >= 4 is 21.9 Å². The molecule has 70 valence electrons. The lowest BCUT2D eigenvalue weighted by atomic mass is 10.1. The maximum absolute atomic E-state index is 5.40. The lowest BCUT2D eigenvalue weighted by Crippen LogP contribution is -1.93. The van der Waals surface area contributed by atoms with E-state index in [1.807, 2.05) is 24.3 Å². The number of hydrogen-bond donors (Lipinski definition) is 1. The zero-order valence-corrected chi connectivity index (χ0v) is 8.90. The van der Waals surface area contributed by atoms with E-state index < -0.39 is 0 Å². The van der Waals surface area contributed by atoms with Gasteiger partial charge in [-0.1, -0.05) is 28.1 Å². The third-order valence-corrected chi connectivity index (χ3v) is 2.38. The van der Waals surface area contributed by atoms with Gasteiger partial charge < -0.3 is 5.73 Å². The van der Waals surface area contributed by atoms with Crippen molar-refractivity contribution < 1.29 is 0 Å². The third-order valence-electron chi connectivity index (χ3n) is 1.85. The molecule has 1 aromatic carbocycles. The maximum Gasteiger partial charge on any atom is 0.219 e. The van der Waals surface area contributed by atoms with Gasteiger partial charge in [0, 0.05) is 22.4 Å². The van der Waals surface area contributed by atoms with Crippen molar-refractivity contribution in [2.75, 3.05) is 5.73 Å². The molecular formula is C10H8BrN3. The molecule has 1 aromatic heterocycles. The highest BCUT2D eigenvalue weighted by atomic mass is 79.9. The van der Waals surface area contributed by atoms with E-state index in [-0.39, 0.29) is 0 Å². The van der Waals surface area contributed by atoms with E-state index in [9.17, 15) is 0 Å². The summed E-state index contributed by atoms with van der Waals surface area (Å²) in [6.45, 7) is 0. The van der Waals surface area contributed by atoms with Gasteiger partial charge in [0.2, 0.25) is 5.95 Å². The van der Waals surface area contributed by atoms with Crippen LogP contribution in [-0.4, -0.2) is 9.97 Å². The molecule has 0 saturated heterocycles. The van der Waals surface area contributed by atoms with Crippen LogP contribution in [0, 0.1) is 0 Å². The van der Waals surface area contributed by atoms with Crippen LogP contribution in [0.2, 0.25) is 0 Å². The minimum absolute atomic E-state index is 0.297. The molecule has 3 nitrogen and oxygen atoms in total. The number of nitrogens with two attached hydrogens (primary N) is 1. The molecule has 0 radical (unpaired) electrons. The van der Waals surface area contributed by atoms with E-state index in [0.29, 0.717) is 5.95 Å². The molecule has 0 atom stereocenters. The molecule has 4 heteroatoms. The Morgan fingerprint density at radius 1 is 0.929 bits per heavy atom. The number of benzene rings is 1. The van der Waals surface area contributed by atoms with Gasteiger partial charge in [-0.15, -0.1) is 0 Å². The second kappa shape index (κ2) is 3.75. The van der Waals surface area contributed by atoms with Crippen LogP contribution in [0.15, 0.2) is 41.1 Å². The van der Waals surface area contributed by atoms with Crippen LogP contribution in [0.3, 0.4) is 0 Å². The molecule has 0 saturated carbocycles. The van der Waals surface area contributed by atoms with Gasteiger partial charge >= 0.3 is 0 Å². The molecule has 0 spiro atoms. The molecule has 0 bridgehead atoms. The van der Waals surface area contributed by atoms with Gasteiger partial charge in [-0.2, -0.15) is 0 Å². The van der Waals surface area contributed by atoms with Gasteiger partial charge in [-0.3, -0.25) is 0 Å². The molecule has 2 aromatic rings. The van der Waals surface area contributed by atoms with E-state index in [0.717, 1.165) is 15.6 Å². The van der Waals surface area contributed by atoms with Crippen LogP contribution < -0.4 is 5.73 Å². The molecule has 0 aliphatic heterocycles. The molecule has 2 rings (SSSR count). The first-order chi connectivity index (χ1) is 6.75. The van der Waals surface area contributed by atoms with Gasteiger partial charge in [0.15, 0.2) is 0 Å². The standard InChI is InChI=1S/C10H8BrN3/c11-9-3-1-7(2-4-9)8-5-13-10(12)14-6-8/h1-6H,(H2,12,13,14). The maximum atomic E-state index is 5.40. The first-order valence-corrected chi connectivity index (χ1v) is 4.88. The Morgan fingerprint density at radius 3 is 2.07 bits per heavy atom. The Balaban J connectivity index is 2.40. The minimum Gasteiger partial charge on any atom is -0.368 e. The third kappa shape index (κ3) is 1.90. The van der Waals surface area contributed by atoms with E-state index in [1.165, 1.54) is 0 Å². The summed E-state index contributed by atoms with van der Waals surface area (Å²) < 4.78 is 1.05. The van der Waals surface area contributed by atoms with E-state index >= 15 is 0 Å². The predicted octanol–water partition coefficient (Wildman–Crippen LogP) is 2.49. The largest absolute Gasteiger partial charge is 0.368 e. The molecule has 2 N–H and O–H groups in total. The first kappa shape index (κ1) is 9.15. The Labute approximate surface area is 90.1 Å². The van der Waals surface area contributed by atoms with Gasteiger partial charge in [-0.25, -0.2) is 9.97 Å². The molecule has 0 fully saturated rings. The van der Waals surface area contributed by atoms with E-state index in [4.69, 9.17) is 5.73 Å². The quantitative estimate of drug-likeness (QED) is 0.845. The van der Waals surface area contributed by atoms with Crippen molar-refractivity contribution in [3.05, 3.63) is 41.1 Å². The van der Waals surface area contributed by atoms with E-state index in [1.54, 1.807) is 12.4 Å². The summed E-state index contributed by atoms with van der Waals surface area (Å²) in [5, 5.41) is 0. The molecule has 0 unspecified atom stereocenters. The fourth-order valence-electron chi connectivity index (χ4n) is 1.13. The van der Waals surface area contributed by atoms with Crippen LogP contribution >= 0.6 is 15.9 Å². The Kier molecular flexibility index (Phi) is 2.45. The van der Waals surface area contributed by atoms with Gasteiger partial charge in [0.25, 0.3) is 0 Å². The van der Waals surface area contributed by atoms with Crippen molar-refractivity contribution in [1.29, 1.82) is 0 Å². The summed E-state index contributed by atoms with van der Waals surface area (Å²) in [4.78, 5) is 7.87. The monoisotopic (exact) mass is 249 g/mol. The molecular weight excluding hydrogens is 242 g/mol. The van der Waals surface area contributed by atoms with Crippen LogP contribution in [0.1, 0.15) is 0 Å². The number of aromatic nitrogens is 2. The topological polar surface area (TPSA) is 51.8 Å². The first-order valence-electron chi connectivity index (χ1n) is 4.09. The SMILES string of the molecule is Nc1ncc(-c2ccc(Br)cc2)cn1. The van der Waals surface area contributed by atoms with Crippen LogP contribution in [0.25, 0.3) is 11.1 Å². The lowest BCUT2D eigenvalue weighted by molar-refractivity contribution is 1.19. The highest BCUT2D eigenvalue weighted by Gasteiger charge is 1.97. The molecule has 0 amide bonds. The fraction of sp³-hybridized carbons (Fsp3) is 0. The second-order valence-electron chi connectivity index (χ2n) is 2.84. The van der Waals surface area contributed by atoms with Gasteiger partial charge in [0.05, 0.1) is 0 Å². The molecule has 1 heterocycles. The lowest BCUT2D eigenvalue weighted by Gasteiger charge is -2.00. The van der Waals surface area contributed by atoms with Crippen molar-refractivity contribution in [1.82, 2.24) is 9.97 Å². The fourth-order valence-corrected chi connectivity index (χ4v) is 1.39. The number of rotatable bonds is 1. The van der Waals surface area contributed by atoms with Crippen molar-refractivity contribution in [2.45, 2.75) is 0 Å². The van der Waals surface area contributed by atoms with Crippen molar-refractivity contribution in [3.8, 4) is 11.1 Å². The van der Waals surface area contributed by atoms with Gasteiger partial charge in [0.1, 0.15) is 0 Å². The second-order valence-corrected chi connectivity index (χ2v) is 3.75. The van der Waals surface area contributed by atoms with E-state index in [2.05, 4.69) is 25.9 Å². The highest BCUT2D eigenvalue weighted by Crippen LogP contribution is 2.20. The summed E-state index contributed by atoms with van der Waals surface area (Å²) in [5.41, 5.74) is 7.44. The zero-order chi connectivity index (χ0) is 9.97. The van der Waals surface area contributed by atoms with Crippen molar-refractivity contribution in [3.63, 3.8) is 0 Å².